The Morgan fingerprint density at radius 2 is 1.96 bits per heavy atom. The molecule has 1 amide bonds. The number of hydrogen-bond donors (Lipinski definition) is 0. The number of hydrogen-bond acceptors (Lipinski definition) is 5. The van der Waals surface area contributed by atoms with E-state index in [9.17, 15) is 4.79 Å². The summed E-state index contributed by atoms with van der Waals surface area (Å²) < 4.78 is 7.23. The highest BCUT2D eigenvalue weighted by molar-refractivity contribution is 7.99. The highest BCUT2D eigenvalue weighted by Gasteiger charge is 2.14. The molecule has 7 heteroatoms. The molecule has 0 N–H and O–H groups in total. The van der Waals surface area contributed by atoms with Crippen LogP contribution in [0.5, 0.6) is 5.75 Å². The van der Waals surface area contributed by atoms with Gasteiger partial charge in [0.15, 0.2) is 5.16 Å². The zero-order valence-corrected chi connectivity index (χ0v) is 16.9. The van der Waals surface area contributed by atoms with Crippen molar-refractivity contribution in [2.24, 2.45) is 0 Å². The van der Waals surface area contributed by atoms with Crippen LogP contribution in [-0.4, -0.2) is 45.5 Å². The zero-order chi connectivity index (χ0) is 19.4. The molecule has 3 aromatic rings. The third-order valence-corrected chi connectivity index (χ3v) is 5.32. The van der Waals surface area contributed by atoms with Crippen LogP contribution in [0.4, 0.5) is 0 Å². The number of benzene rings is 2. The molecule has 0 fully saturated rings. The first-order valence-electron chi connectivity index (χ1n) is 8.81. The van der Waals surface area contributed by atoms with E-state index in [0.717, 1.165) is 27.2 Å². The molecule has 0 saturated carbocycles. The van der Waals surface area contributed by atoms with E-state index in [1.165, 1.54) is 11.8 Å². The molecule has 27 heavy (non-hydrogen) atoms. The number of thioether (sulfide) groups is 1. The van der Waals surface area contributed by atoms with E-state index >= 15 is 0 Å². The van der Waals surface area contributed by atoms with Gasteiger partial charge in [0.1, 0.15) is 12.1 Å². The number of methoxy groups -OCH3 is 1. The summed E-state index contributed by atoms with van der Waals surface area (Å²) in [6.07, 6.45) is 1.70. The first-order valence-corrected chi connectivity index (χ1v) is 9.79. The van der Waals surface area contributed by atoms with Crippen molar-refractivity contribution < 1.29 is 9.53 Å². The van der Waals surface area contributed by atoms with Gasteiger partial charge in [0.05, 0.1) is 12.9 Å². The van der Waals surface area contributed by atoms with E-state index in [1.54, 1.807) is 18.3 Å². The van der Waals surface area contributed by atoms with E-state index in [2.05, 4.69) is 36.2 Å². The Bertz CT molecular complexity index is 939. The van der Waals surface area contributed by atoms with Crippen LogP contribution in [0.1, 0.15) is 25.5 Å². The highest BCUT2D eigenvalue weighted by Crippen LogP contribution is 2.23. The van der Waals surface area contributed by atoms with E-state index in [1.807, 2.05) is 35.9 Å². The molecule has 0 aliphatic carbocycles. The number of amides is 1. The molecule has 1 heterocycles. The molecular weight excluding hydrogens is 360 g/mol. The fraction of sp³-hybridized carbons (Fsp3) is 0.350. The summed E-state index contributed by atoms with van der Waals surface area (Å²) in [5.74, 6) is 1.24. The van der Waals surface area contributed by atoms with Gasteiger partial charge in [-0.1, -0.05) is 30.0 Å². The molecule has 0 spiro atoms. The van der Waals surface area contributed by atoms with Crippen LogP contribution >= 0.6 is 11.8 Å². The van der Waals surface area contributed by atoms with Gasteiger partial charge in [-0.25, -0.2) is 0 Å². The third kappa shape index (κ3) is 4.60. The fourth-order valence-electron chi connectivity index (χ4n) is 2.79. The minimum atomic E-state index is 0.0631. The van der Waals surface area contributed by atoms with Crippen molar-refractivity contribution in [2.75, 3.05) is 19.9 Å². The number of ether oxygens (including phenoxy) is 1. The maximum absolute atomic E-state index is 12.5. The van der Waals surface area contributed by atoms with Crippen LogP contribution < -0.4 is 4.74 Å². The monoisotopic (exact) mass is 384 g/mol. The summed E-state index contributed by atoms with van der Waals surface area (Å²) in [7, 11) is 3.49. The standard InChI is InChI=1S/C20H24N4O2S/c1-14(2)24-13-21-22-20(24)27-12-19(25)23(3)11-15-5-6-17-10-18(26-4)8-7-16(17)9-15/h5-10,13-14H,11-12H2,1-4H3. The molecule has 0 aliphatic rings. The molecular formula is C20H24N4O2S. The lowest BCUT2D eigenvalue weighted by Gasteiger charge is -2.18. The van der Waals surface area contributed by atoms with E-state index in [4.69, 9.17) is 4.74 Å². The molecule has 0 atom stereocenters. The summed E-state index contributed by atoms with van der Waals surface area (Å²) in [5.41, 5.74) is 1.10. The van der Waals surface area contributed by atoms with Crippen molar-refractivity contribution in [3.05, 3.63) is 48.3 Å². The second-order valence-corrected chi connectivity index (χ2v) is 7.64. The average Bonchev–Trinajstić information content (AvgIpc) is 3.14. The molecule has 2 aromatic carbocycles. The molecule has 0 unspecified atom stereocenters. The Morgan fingerprint density at radius 3 is 2.70 bits per heavy atom. The minimum Gasteiger partial charge on any atom is -0.497 e. The van der Waals surface area contributed by atoms with Gasteiger partial charge in [-0.3, -0.25) is 4.79 Å². The molecule has 3 rings (SSSR count). The molecule has 1 aromatic heterocycles. The quantitative estimate of drug-likeness (QED) is 0.580. The van der Waals surface area contributed by atoms with E-state index in [0.29, 0.717) is 12.3 Å². The lowest BCUT2D eigenvalue weighted by molar-refractivity contribution is -0.127. The van der Waals surface area contributed by atoms with Crippen molar-refractivity contribution in [2.45, 2.75) is 31.6 Å². The smallest absolute Gasteiger partial charge is 0.233 e. The second-order valence-electron chi connectivity index (χ2n) is 6.70. The van der Waals surface area contributed by atoms with Crippen molar-refractivity contribution >= 4 is 28.4 Å². The number of nitrogens with zero attached hydrogens (tertiary/aromatic N) is 4. The highest BCUT2D eigenvalue weighted by atomic mass is 32.2. The number of carbonyl (C=O) groups excluding carboxylic acids is 1. The van der Waals surface area contributed by atoms with Gasteiger partial charge < -0.3 is 14.2 Å². The van der Waals surface area contributed by atoms with Crippen molar-refractivity contribution in [1.29, 1.82) is 0 Å². The van der Waals surface area contributed by atoms with Gasteiger partial charge in [-0.2, -0.15) is 0 Å². The summed E-state index contributed by atoms with van der Waals surface area (Å²) in [6, 6.07) is 12.5. The van der Waals surface area contributed by atoms with Crippen LogP contribution in [0.25, 0.3) is 10.8 Å². The van der Waals surface area contributed by atoms with Crippen LogP contribution in [0.2, 0.25) is 0 Å². The van der Waals surface area contributed by atoms with Gasteiger partial charge in [-0.05, 0) is 48.4 Å². The van der Waals surface area contributed by atoms with Gasteiger partial charge in [-0.15, -0.1) is 10.2 Å². The van der Waals surface area contributed by atoms with Crippen LogP contribution in [-0.2, 0) is 11.3 Å². The Labute approximate surface area is 163 Å². The predicted molar refractivity (Wildman–Crippen MR) is 108 cm³/mol. The molecule has 0 bridgehead atoms. The van der Waals surface area contributed by atoms with Crippen molar-refractivity contribution in [3.63, 3.8) is 0 Å². The van der Waals surface area contributed by atoms with Crippen LogP contribution in [0.3, 0.4) is 0 Å². The summed E-state index contributed by atoms with van der Waals surface area (Å²) in [5, 5.41) is 11.1. The SMILES string of the molecule is COc1ccc2cc(CN(C)C(=O)CSc3nncn3C(C)C)ccc2c1. The Balaban J connectivity index is 1.62. The molecule has 142 valence electrons. The first-order chi connectivity index (χ1) is 13.0. The van der Waals surface area contributed by atoms with Gasteiger partial charge in [0, 0.05) is 19.6 Å². The topological polar surface area (TPSA) is 60.2 Å². The Kier molecular flexibility index (Phi) is 6.01. The predicted octanol–water partition coefficient (Wildman–Crippen LogP) is 3.77. The maximum Gasteiger partial charge on any atom is 0.233 e. The van der Waals surface area contributed by atoms with Crippen molar-refractivity contribution in [3.8, 4) is 5.75 Å². The fourth-order valence-corrected chi connectivity index (χ4v) is 3.77. The summed E-state index contributed by atoms with van der Waals surface area (Å²) >= 11 is 1.42. The Morgan fingerprint density at radius 1 is 1.22 bits per heavy atom. The van der Waals surface area contributed by atoms with Crippen molar-refractivity contribution in [1.82, 2.24) is 19.7 Å². The summed E-state index contributed by atoms with van der Waals surface area (Å²) in [4.78, 5) is 14.2. The molecule has 6 nitrogen and oxygen atoms in total. The lowest BCUT2D eigenvalue weighted by Crippen LogP contribution is -2.27. The molecule has 0 radical (unpaired) electrons. The third-order valence-electron chi connectivity index (χ3n) is 4.38. The number of aromatic nitrogens is 3. The molecule has 0 saturated heterocycles. The van der Waals surface area contributed by atoms with Gasteiger partial charge >= 0.3 is 0 Å². The minimum absolute atomic E-state index is 0.0631. The first kappa shape index (κ1) is 19.2. The number of rotatable bonds is 7. The number of carbonyl (C=O) groups is 1. The number of fused-ring (bicyclic) bond motifs is 1. The average molecular weight is 385 g/mol. The van der Waals surface area contributed by atoms with E-state index < -0.39 is 0 Å². The van der Waals surface area contributed by atoms with Gasteiger partial charge in [0.25, 0.3) is 0 Å². The summed E-state index contributed by atoms with van der Waals surface area (Å²) in [6.45, 7) is 4.70. The normalized spacial score (nSPS) is 11.1. The zero-order valence-electron chi connectivity index (χ0n) is 16.0. The Hall–Kier alpha value is -2.54. The van der Waals surface area contributed by atoms with Gasteiger partial charge in [0.2, 0.25) is 5.91 Å². The van der Waals surface area contributed by atoms with E-state index in [-0.39, 0.29) is 11.9 Å². The maximum atomic E-state index is 12.5. The van der Waals surface area contributed by atoms with Crippen LogP contribution in [0, 0.1) is 0 Å². The largest absolute Gasteiger partial charge is 0.497 e. The lowest BCUT2D eigenvalue weighted by atomic mass is 10.1. The molecule has 0 aliphatic heterocycles. The van der Waals surface area contributed by atoms with Crippen LogP contribution in [0.15, 0.2) is 47.9 Å². The second kappa shape index (κ2) is 8.43.